The fourth-order valence-electron chi connectivity index (χ4n) is 1.32. The monoisotopic (exact) mass is 343 g/mol. The molecule has 0 aliphatic rings. The van der Waals surface area contributed by atoms with E-state index in [1.165, 1.54) is 0 Å². The van der Waals surface area contributed by atoms with Gasteiger partial charge in [0.25, 0.3) is 0 Å². The molecule has 0 radical (unpaired) electrons. The fourth-order valence-corrected chi connectivity index (χ4v) is 1.32. The highest BCUT2D eigenvalue weighted by atomic mass is 127. The smallest absolute Gasteiger partial charge is 0.191 e. The van der Waals surface area contributed by atoms with Gasteiger partial charge in [-0.15, -0.1) is 24.0 Å². The van der Waals surface area contributed by atoms with Crippen molar-refractivity contribution in [1.82, 2.24) is 10.6 Å². The lowest BCUT2D eigenvalue weighted by atomic mass is 9.89. The van der Waals surface area contributed by atoms with E-state index in [2.05, 4.69) is 36.4 Å². The van der Waals surface area contributed by atoms with E-state index in [0.717, 1.165) is 19.0 Å². The summed E-state index contributed by atoms with van der Waals surface area (Å²) in [6.07, 6.45) is 0.174. The van der Waals surface area contributed by atoms with Crippen molar-refractivity contribution in [2.45, 2.75) is 33.8 Å². The van der Waals surface area contributed by atoms with Crippen LogP contribution in [-0.2, 0) is 4.74 Å². The van der Waals surface area contributed by atoms with Crippen LogP contribution in [0.1, 0.15) is 27.7 Å². The van der Waals surface area contributed by atoms with E-state index in [9.17, 15) is 0 Å². The Morgan fingerprint density at radius 2 is 1.88 bits per heavy atom. The second kappa shape index (κ2) is 9.04. The summed E-state index contributed by atoms with van der Waals surface area (Å²) >= 11 is 0. The number of hydrogen-bond donors (Lipinski definition) is 2. The van der Waals surface area contributed by atoms with Crippen LogP contribution in [0.4, 0.5) is 0 Å². The Bertz CT molecular complexity index is 202. The average Bonchev–Trinajstić information content (AvgIpc) is 2.15. The number of aliphatic imine (C=N–C) groups is 1. The van der Waals surface area contributed by atoms with Gasteiger partial charge in [-0.3, -0.25) is 4.99 Å². The molecule has 1 unspecified atom stereocenters. The largest absolute Gasteiger partial charge is 0.379 e. The normalized spacial score (nSPS) is 14.0. The minimum atomic E-state index is 0. The van der Waals surface area contributed by atoms with Crippen LogP contribution in [-0.4, -0.2) is 39.3 Å². The van der Waals surface area contributed by atoms with Crippen LogP contribution < -0.4 is 10.6 Å². The highest BCUT2D eigenvalue weighted by Gasteiger charge is 2.24. The Balaban J connectivity index is 0. The lowest BCUT2D eigenvalue weighted by Crippen LogP contribution is -2.45. The maximum Gasteiger partial charge on any atom is 0.191 e. The standard InChI is InChI=1S/C11H25N3O.HI/c1-7-13-10(12-5)14-8-9(15-6)11(2,3)4;/h9H,7-8H2,1-6H3,(H2,12,13,14);1H. The first-order valence-electron chi connectivity index (χ1n) is 5.43. The second-order valence-electron chi connectivity index (χ2n) is 4.57. The molecule has 2 N–H and O–H groups in total. The molecule has 0 bridgehead atoms. The molecule has 0 saturated carbocycles. The Labute approximate surface area is 117 Å². The lowest BCUT2D eigenvalue weighted by Gasteiger charge is -2.29. The van der Waals surface area contributed by atoms with Gasteiger partial charge < -0.3 is 15.4 Å². The third kappa shape index (κ3) is 7.27. The molecule has 0 aliphatic heterocycles. The lowest BCUT2D eigenvalue weighted by molar-refractivity contribution is 0.0205. The maximum atomic E-state index is 5.44. The molecule has 0 aromatic heterocycles. The topological polar surface area (TPSA) is 45.7 Å². The van der Waals surface area contributed by atoms with Crippen LogP contribution in [0.5, 0.6) is 0 Å². The SMILES string of the molecule is CCNC(=NC)NCC(OC)C(C)(C)C.I. The van der Waals surface area contributed by atoms with E-state index in [1.54, 1.807) is 14.2 Å². The summed E-state index contributed by atoms with van der Waals surface area (Å²) in [7, 11) is 3.51. The summed E-state index contributed by atoms with van der Waals surface area (Å²) in [5, 5.41) is 6.39. The van der Waals surface area contributed by atoms with E-state index >= 15 is 0 Å². The first-order chi connectivity index (χ1) is 6.95. The molecular formula is C11H26IN3O. The van der Waals surface area contributed by atoms with Crippen molar-refractivity contribution in [3.8, 4) is 0 Å². The van der Waals surface area contributed by atoms with Crippen molar-refractivity contribution in [2.75, 3.05) is 27.2 Å². The molecule has 16 heavy (non-hydrogen) atoms. The van der Waals surface area contributed by atoms with Gasteiger partial charge in [0.1, 0.15) is 0 Å². The Morgan fingerprint density at radius 3 is 2.19 bits per heavy atom. The van der Waals surface area contributed by atoms with Crippen LogP contribution in [0, 0.1) is 5.41 Å². The van der Waals surface area contributed by atoms with Gasteiger partial charge in [-0.25, -0.2) is 0 Å². The number of nitrogens with zero attached hydrogens (tertiary/aromatic N) is 1. The molecule has 0 saturated heterocycles. The molecule has 5 heteroatoms. The van der Waals surface area contributed by atoms with Crippen LogP contribution in [0.3, 0.4) is 0 Å². The van der Waals surface area contributed by atoms with Crippen molar-refractivity contribution in [3.63, 3.8) is 0 Å². The number of guanidine groups is 1. The van der Waals surface area contributed by atoms with Gasteiger partial charge in [-0.2, -0.15) is 0 Å². The molecule has 0 rings (SSSR count). The third-order valence-electron chi connectivity index (χ3n) is 2.27. The van der Waals surface area contributed by atoms with Gasteiger partial charge >= 0.3 is 0 Å². The summed E-state index contributed by atoms with van der Waals surface area (Å²) in [6.45, 7) is 10.2. The molecule has 0 amide bonds. The maximum absolute atomic E-state index is 5.44. The molecule has 0 aromatic carbocycles. The first kappa shape index (κ1) is 18.3. The summed E-state index contributed by atoms with van der Waals surface area (Å²) < 4.78 is 5.44. The van der Waals surface area contributed by atoms with E-state index in [0.29, 0.717) is 0 Å². The van der Waals surface area contributed by atoms with Gasteiger partial charge in [0.15, 0.2) is 5.96 Å². The molecule has 0 aromatic rings. The predicted octanol–water partition coefficient (Wildman–Crippen LogP) is 1.85. The predicted molar refractivity (Wildman–Crippen MR) is 80.7 cm³/mol. The quantitative estimate of drug-likeness (QED) is 0.465. The minimum absolute atomic E-state index is 0. The van der Waals surface area contributed by atoms with Crippen molar-refractivity contribution in [2.24, 2.45) is 10.4 Å². The zero-order valence-corrected chi connectivity index (χ0v) is 13.6. The van der Waals surface area contributed by atoms with Gasteiger partial charge in [0.05, 0.1) is 6.10 Å². The minimum Gasteiger partial charge on any atom is -0.379 e. The Morgan fingerprint density at radius 1 is 1.31 bits per heavy atom. The van der Waals surface area contributed by atoms with E-state index in [1.807, 2.05) is 6.92 Å². The van der Waals surface area contributed by atoms with Crippen molar-refractivity contribution in [3.05, 3.63) is 0 Å². The van der Waals surface area contributed by atoms with Gasteiger partial charge in [-0.1, -0.05) is 20.8 Å². The molecule has 1 atom stereocenters. The molecule has 98 valence electrons. The van der Waals surface area contributed by atoms with Crippen molar-refractivity contribution >= 4 is 29.9 Å². The number of methoxy groups -OCH3 is 1. The van der Waals surface area contributed by atoms with Crippen molar-refractivity contribution < 1.29 is 4.74 Å². The number of hydrogen-bond acceptors (Lipinski definition) is 2. The summed E-state index contributed by atoms with van der Waals surface area (Å²) in [4.78, 5) is 4.10. The van der Waals surface area contributed by atoms with Crippen LogP contribution >= 0.6 is 24.0 Å². The molecule has 0 spiro atoms. The number of halogens is 1. The number of ether oxygens (including phenoxy) is 1. The summed E-state index contributed by atoms with van der Waals surface area (Å²) in [6, 6.07) is 0. The zero-order valence-electron chi connectivity index (χ0n) is 11.3. The third-order valence-corrected chi connectivity index (χ3v) is 2.27. The van der Waals surface area contributed by atoms with Crippen molar-refractivity contribution in [1.29, 1.82) is 0 Å². The van der Waals surface area contributed by atoms with Crippen LogP contribution in [0.2, 0.25) is 0 Å². The zero-order chi connectivity index (χ0) is 11.9. The molecule has 0 aliphatic carbocycles. The van der Waals surface area contributed by atoms with Gasteiger partial charge in [0, 0.05) is 27.2 Å². The Hall–Kier alpha value is -0.0400. The molecular weight excluding hydrogens is 317 g/mol. The number of nitrogens with one attached hydrogen (secondary N) is 2. The van der Waals surface area contributed by atoms with E-state index in [4.69, 9.17) is 4.74 Å². The van der Waals surface area contributed by atoms with Crippen LogP contribution in [0.25, 0.3) is 0 Å². The van der Waals surface area contributed by atoms with Gasteiger partial charge in [0.2, 0.25) is 0 Å². The highest BCUT2D eigenvalue weighted by molar-refractivity contribution is 14.0. The summed E-state index contributed by atoms with van der Waals surface area (Å²) in [5.74, 6) is 0.823. The fraction of sp³-hybridized carbons (Fsp3) is 0.909. The molecule has 4 nitrogen and oxygen atoms in total. The first-order valence-corrected chi connectivity index (χ1v) is 5.43. The second-order valence-corrected chi connectivity index (χ2v) is 4.57. The Kier molecular flexibility index (Phi) is 10.4. The van der Waals surface area contributed by atoms with Crippen LogP contribution in [0.15, 0.2) is 4.99 Å². The molecule has 0 fully saturated rings. The average molecular weight is 343 g/mol. The van der Waals surface area contributed by atoms with E-state index in [-0.39, 0.29) is 35.5 Å². The van der Waals surface area contributed by atoms with E-state index < -0.39 is 0 Å². The highest BCUT2D eigenvalue weighted by Crippen LogP contribution is 2.20. The van der Waals surface area contributed by atoms with Gasteiger partial charge in [-0.05, 0) is 12.3 Å². The summed E-state index contributed by atoms with van der Waals surface area (Å²) in [5.41, 5.74) is 0.132. The number of rotatable bonds is 4. The molecule has 0 heterocycles.